The van der Waals surface area contributed by atoms with Crippen molar-refractivity contribution >= 4 is 38.7 Å². The summed E-state index contributed by atoms with van der Waals surface area (Å²) in [4.78, 5) is 19.9. The molecule has 0 fully saturated rings. The van der Waals surface area contributed by atoms with Gasteiger partial charge in [-0.1, -0.05) is 30.0 Å². The Kier molecular flexibility index (Phi) is 5.54. The lowest BCUT2D eigenvalue weighted by atomic mass is 10.1. The van der Waals surface area contributed by atoms with E-state index in [2.05, 4.69) is 15.3 Å². The maximum absolute atomic E-state index is 12.2. The van der Waals surface area contributed by atoms with Gasteiger partial charge in [0.05, 0.1) is 27.7 Å². The first-order valence-corrected chi connectivity index (χ1v) is 10.8. The Hall–Kier alpha value is -2.36. The van der Waals surface area contributed by atoms with E-state index in [9.17, 15) is 13.2 Å². The number of hydrogen-bond donors (Lipinski definition) is 3. The van der Waals surface area contributed by atoms with Crippen LogP contribution in [0.3, 0.4) is 0 Å². The lowest BCUT2D eigenvalue weighted by molar-refractivity contribution is -0.119. The fourth-order valence-corrected chi connectivity index (χ4v) is 3.83. The molecule has 0 unspecified atom stereocenters. The molecule has 3 aromatic rings. The van der Waals surface area contributed by atoms with Gasteiger partial charge in [0.15, 0.2) is 5.16 Å². The summed E-state index contributed by atoms with van der Waals surface area (Å²) in [6, 6.07) is 11.8. The summed E-state index contributed by atoms with van der Waals surface area (Å²) in [7, 11) is -3.72. The van der Waals surface area contributed by atoms with Crippen molar-refractivity contribution in [1.29, 1.82) is 0 Å². The zero-order valence-electron chi connectivity index (χ0n) is 14.9. The molecule has 0 radical (unpaired) electrons. The number of carbonyl (C=O) groups excluding carboxylic acids is 1. The van der Waals surface area contributed by atoms with Crippen LogP contribution in [0.4, 0.5) is 0 Å². The van der Waals surface area contributed by atoms with Gasteiger partial charge in [-0.3, -0.25) is 4.79 Å². The standard InChI is InChI=1S/C18H20N4O3S2/c1-11-3-8-15-16(9-11)22-18(21-15)26-10-17(23)20-12(2)13-4-6-14(7-5-13)27(19,24)25/h3-9,12H,10H2,1-2H3,(H,20,23)(H,21,22)(H2,19,24,25)/t12-/m0/s1. The second-order valence-corrected chi connectivity index (χ2v) is 8.78. The molecule has 1 amide bonds. The van der Waals surface area contributed by atoms with Crippen molar-refractivity contribution in [2.24, 2.45) is 5.14 Å². The number of thioether (sulfide) groups is 1. The average molecular weight is 405 g/mol. The van der Waals surface area contributed by atoms with E-state index in [0.29, 0.717) is 5.16 Å². The monoisotopic (exact) mass is 404 g/mol. The van der Waals surface area contributed by atoms with E-state index in [1.807, 2.05) is 32.0 Å². The summed E-state index contributed by atoms with van der Waals surface area (Å²) in [5.74, 6) is 0.0814. The second kappa shape index (κ2) is 7.71. The third-order valence-corrected chi connectivity index (χ3v) is 5.84. The number of sulfonamides is 1. The van der Waals surface area contributed by atoms with Crippen molar-refractivity contribution in [1.82, 2.24) is 15.3 Å². The zero-order chi connectivity index (χ0) is 19.6. The summed E-state index contributed by atoms with van der Waals surface area (Å²) in [6.45, 7) is 3.84. The van der Waals surface area contributed by atoms with Crippen LogP contribution in [-0.2, 0) is 14.8 Å². The number of primary sulfonamides is 1. The van der Waals surface area contributed by atoms with Gasteiger partial charge in [-0.15, -0.1) is 0 Å². The van der Waals surface area contributed by atoms with Gasteiger partial charge in [0.1, 0.15) is 0 Å². The molecule has 1 heterocycles. The molecule has 1 aromatic heterocycles. The van der Waals surface area contributed by atoms with Crippen molar-refractivity contribution in [3.05, 3.63) is 53.6 Å². The number of amides is 1. The number of rotatable bonds is 6. The Bertz CT molecular complexity index is 1080. The number of nitrogens with two attached hydrogens (primary N) is 1. The van der Waals surface area contributed by atoms with Gasteiger partial charge in [0.25, 0.3) is 0 Å². The van der Waals surface area contributed by atoms with Crippen LogP contribution >= 0.6 is 11.8 Å². The summed E-state index contributed by atoms with van der Waals surface area (Å²) in [5, 5.41) is 8.66. The van der Waals surface area contributed by atoms with Crippen LogP contribution in [0.25, 0.3) is 11.0 Å². The molecule has 0 saturated heterocycles. The number of hydrogen-bond acceptors (Lipinski definition) is 5. The Morgan fingerprint density at radius 3 is 2.63 bits per heavy atom. The van der Waals surface area contributed by atoms with Gasteiger partial charge in [-0.2, -0.15) is 0 Å². The molecule has 9 heteroatoms. The number of aromatic amines is 1. The Balaban J connectivity index is 1.58. The number of fused-ring (bicyclic) bond motifs is 1. The van der Waals surface area contributed by atoms with Gasteiger partial charge >= 0.3 is 0 Å². The van der Waals surface area contributed by atoms with Crippen molar-refractivity contribution in [3.63, 3.8) is 0 Å². The number of aryl methyl sites for hydroxylation is 1. The van der Waals surface area contributed by atoms with E-state index < -0.39 is 10.0 Å². The van der Waals surface area contributed by atoms with Crippen LogP contribution in [0.15, 0.2) is 52.5 Å². The smallest absolute Gasteiger partial charge is 0.238 e. The van der Waals surface area contributed by atoms with E-state index in [1.54, 1.807) is 12.1 Å². The predicted molar refractivity (Wildman–Crippen MR) is 106 cm³/mol. The Morgan fingerprint density at radius 2 is 1.96 bits per heavy atom. The number of carbonyl (C=O) groups is 1. The second-order valence-electron chi connectivity index (χ2n) is 6.25. The molecule has 0 aliphatic rings. The molecular formula is C18H20N4O3S2. The molecule has 4 N–H and O–H groups in total. The molecule has 7 nitrogen and oxygen atoms in total. The number of aromatic nitrogens is 2. The molecular weight excluding hydrogens is 384 g/mol. The molecule has 0 aliphatic carbocycles. The average Bonchev–Trinajstić information content (AvgIpc) is 3.01. The van der Waals surface area contributed by atoms with Gasteiger partial charge in [-0.25, -0.2) is 18.5 Å². The first kappa shape index (κ1) is 19.4. The highest BCUT2D eigenvalue weighted by molar-refractivity contribution is 7.99. The third kappa shape index (κ3) is 4.88. The number of benzene rings is 2. The molecule has 3 rings (SSSR count). The third-order valence-electron chi connectivity index (χ3n) is 4.04. The minimum absolute atomic E-state index is 0.0421. The van der Waals surface area contributed by atoms with Crippen molar-refractivity contribution < 1.29 is 13.2 Å². The van der Waals surface area contributed by atoms with Crippen LogP contribution in [0.1, 0.15) is 24.1 Å². The van der Waals surface area contributed by atoms with E-state index >= 15 is 0 Å². The molecule has 0 saturated carbocycles. The molecule has 2 aromatic carbocycles. The minimum Gasteiger partial charge on any atom is -0.349 e. The number of imidazole rings is 1. The fourth-order valence-electron chi connectivity index (χ4n) is 2.61. The lowest BCUT2D eigenvalue weighted by Gasteiger charge is -2.14. The van der Waals surface area contributed by atoms with Crippen LogP contribution in [-0.4, -0.2) is 30.0 Å². The minimum atomic E-state index is -3.72. The highest BCUT2D eigenvalue weighted by atomic mass is 32.2. The van der Waals surface area contributed by atoms with Crippen LogP contribution in [0, 0.1) is 6.92 Å². The predicted octanol–water partition coefficient (Wildman–Crippen LogP) is 2.49. The first-order valence-electron chi connectivity index (χ1n) is 8.23. The SMILES string of the molecule is Cc1ccc2nc(SCC(=O)N[C@@H](C)c3ccc(S(N)(=O)=O)cc3)[nH]c2c1. The molecule has 0 aliphatic heterocycles. The highest BCUT2D eigenvalue weighted by Crippen LogP contribution is 2.21. The van der Waals surface area contributed by atoms with E-state index in [0.717, 1.165) is 22.2 Å². The van der Waals surface area contributed by atoms with E-state index in [4.69, 9.17) is 5.14 Å². The van der Waals surface area contributed by atoms with Crippen LogP contribution in [0.5, 0.6) is 0 Å². The van der Waals surface area contributed by atoms with Gasteiger partial charge in [0, 0.05) is 0 Å². The van der Waals surface area contributed by atoms with Gasteiger partial charge in [-0.05, 0) is 49.2 Å². The first-order chi connectivity index (χ1) is 12.7. The lowest BCUT2D eigenvalue weighted by Crippen LogP contribution is -2.28. The molecule has 0 bridgehead atoms. The molecule has 1 atom stereocenters. The summed E-state index contributed by atoms with van der Waals surface area (Å²) >= 11 is 1.33. The Morgan fingerprint density at radius 1 is 1.26 bits per heavy atom. The summed E-state index contributed by atoms with van der Waals surface area (Å²) < 4.78 is 22.6. The van der Waals surface area contributed by atoms with Crippen molar-refractivity contribution in [2.45, 2.75) is 29.9 Å². The maximum Gasteiger partial charge on any atom is 0.238 e. The van der Waals surface area contributed by atoms with Gasteiger partial charge in [0.2, 0.25) is 15.9 Å². The summed E-state index contributed by atoms with van der Waals surface area (Å²) in [5.41, 5.74) is 3.75. The van der Waals surface area contributed by atoms with Gasteiger partial charge < -0.3 is 10.3 Å². The fraction of sp³-hybridized carbons (Fsp3) is 0.222. The molecule has 142 valence electrons. The molecule has 0 spiro atoms. The van der Waals surface area contributed by atoms with Crippen molar-refractivity contribution in [3.8, 4) is 0 Å². The Labute approximate surface area is 161 Å². The number of nitrogens with zero attached hydrogens (tertiary/aromatic N) is 1. The zero-order valence-corrected chi connectivity index (χ0v) is 16.5. The number of H-pyrrole nitrogens is 1. The summed E-state index contributed by atoms with van der Waals surface area (Å²) in [6.07, 6.45) is 0. The largest absolute Gasteiger partial charge is 0.349 e. The highest BCUT2D eigenvalue weighted by Gasteiger charge is 2.13. The number of nitrogens with one attached hydrogen (secondary N) is 2. The quantitative estimate of drug-likeness (QED) is 0.546. The van der Waals surface area contributed by atoms with Crippen LogP contribution in [0.2, 0.25) is 0 Å². The van der Waals surface area contributed by atoms with E-state index in [-0.39, 0.29) is 22.6 Å². The molecule has 27 heavy (non-hydrogen) atoms. The van der Waals surface area contributed by atoms with Crippen LogP contribution < -0.4 is 10.5 Å². The normalized spacial score (nSPS) is 12.9. The van der Waals surface area contributed by atoms with E-state index in [1.165, 1.54) is 23.9 Å². The van der Waals surface area contributed by atoms with Crippen molar-refractivity contribution in [2.75, 3.05) is 5.75 Å². The topological polar surface area (TPSA) is 118 Å². The maximum atomic E-state index is 12.2.